The van der Waals surface area contributed by atoms with E-state index in [4.69, 9.17) is 0 Å². The molecule has 0 unspecified atom stereocenters. The van der Waals surface area contributed by atoms with Gasteiger partial charge in [-0.05, 0) is 25.0 Å². The van der Waals surface area contributed by atoms with Crippen LogP contribution in [0.25, 0.3) is 16.2 Å². The van der Waals surface area contributed by atoms with Crippen LogP contribution in [0.15, 0.2) is 35.8 Å². The van der Waals surface area contributed by atoms with Crippen molar-refractivity contribution in [3.63, 3.8) is 0 Å². The van der Waals surface area contributed by atoms with Crippen LogP contribution in [0.1, 0.15) is 54.6 Å². The number of benzene rings is 1. The Hall–Kier alpha value is -2.65. The second-order valence-corrected chi connectivity index (χ2v) is 7.59. The number of aromatic nitrogens is 2. The third kappa shape index (κ3) is 3.23. The first-order valence-electron chi connectivity index (χ1n) is 9.03. The van der Waals surface area contributed by atoms with Crippen molar-refractivity contribution in [2.45, 2.75) is 44.6 Å². The minimum Gasteiger partial charge on any atom is -0.348 e. The number of imidazole rings is 1. The molecule has 1 aliphatic rings. The molecule has 3 aromatic rings. The summed E-state index contributed by atoms with van der Waals surface area (Å²) in [6.07, 6.45) is 8.82. The molecule has 1 aromatic carbocycles. The van der Waals surface area contributed by atoms with Crippen molar-refractivity contribution in [3.05, 3.63) is 47.1 Å². The topological polar surface area (TPSA) is 70.2 Å². The van der Waals surface area contributed by atoms with Crippen LogP contribution in [0.3, 0.4) is 0 Å². The largest absolute Gasteiger partial charge is 0.348 e. The van der Waals surface area contributed by atoms with Gasteiger partial charge in [-0.3, -0.25) is 9.20 Å². The molecule has 132 valence electrons. The molecular weight excluding hydrogens is 344 g/mol. The number of fused-ring (bicyclic) bond motifs is 1. The van der Waals surface area contributed by atoms with Gasteiger partial charge in [-0.2, -0.15) is 5.26 Å². The number of nitriles is 1. The Bertz CT molecular complexity index is 973. The summed E-state index contributed by atoms with van der Waals surface area (Å²) in [6.45, 7) is 0. The van der Waals surface area contributed by atoms with Crippen molar-refractivity contribution >= 4 is 22.2 Å². The lowest BCUT2D eigenvalue weighted by atomic mass is 10.1. The number of hydrogen-bond donors (Lipinski definition) is 1. The highest BCUT2D eigenvalue weighted by molar-refractivity contribution is 7.15. The van der Waals surface area contributed by atoms with Gasteiger partial charge in [-0.1, -0.05) is 37.8 Å². The van der Waals surface area contributed by atoms with Gasteiger partial charge in [0.2, 0.25) is 0 Å². The third-order valence-corrected chi connectivity index (χ3v) is 5.69. The van der Waals surface area contributed by atoms with Gasteiger partial charge < -0.3 is 5.32 Å². The van der Waals surface area contributed by atoms with E-state index in [0.717, 1.165) is 29.1 Å². The van der Waals surface area contributed by atoms with Gasteiger partial charge in [0.25, 0.3) is 5.91 Å². The molecule has 0 saturated heterocycles. The van der Waals surface area contributed by atoms with Gasteiger partial charge in [-0.15, -0.1) is 11.3 Å². The summed E-state index contributed by atoms with van der Waals surface area (Å²) in [5, 5.41) is 14.3. The molecule has 4 rings (SSSR count). The fourth-order valence-electron chi connectivity index (χ4n) is 3.63. The molecular formula is C20H20N4OS. The standard InChI is InChI=1S/C20H20N4OS/c21-13-14-6-5-7-15(12-14)18-17(23-20-24(18)10-11-26-20)19(25)22-16-8-3-1-2-4-9-16/h5-7,10-12,16H,1-4,8-9H2,(H,22,25). The number of carbonyl (C=O) groups excluding carboxylic acids is 1. The molecule has 26 heavy (non-hydrogen) atoms. The van der Waals surface area contributed by atoms with Gasteiger partial charge in [0.15, 0.2) is 10.7 Å². The Balaban J connectivity index is 1.71. The van der Waals surface area contributed by atoms with E-state index in [1.807, 2.05) is 34.2 Å². The lowest BCUT2D eigenvalue weighted by molar-refractivity contribution is 0.0929. The number of nitrogens with zero attached hydrogens (tertiary/aromatic N) is 3. The number of carbonyl (C=O) groups is 1. The SMILES string of the molecule is N#Cc1cccc(-c2c(C(=O)NC3CCCCCC3)nc3sccn23)c1. The highest BCUT2D eigenvalue weighted by Crippen LogP contribution is 2.28. The van der Waals surface area contributed by atoms with Crippen molar-refractivity contribution in [2.24, 2.45) is 0 Å². The predicted octanol–water partition coefficient (Wildman–Crippen LogP) is 4.39. The smallest absolute Gasteiger partial charge is 0.272 e. The summed E-state index contributed by atoms with van der Waals surface area (Å²) < 4.78 is 1.93. The Labute approximate surface area is 156 Å². The fourth-order valence-corrected chi connectivity index (χ4v) is 4.35. The average Bonchev–Trinajstić information content (AvgIpc) is 3.15. The van der Waals surface area contributed by atoms with Gasteiger partial charge in [-0.25, -0.2) is 4.98 Å². The maximum Gasteiger partial charge on any atom is 0.272 e. The van der Waals surface area contributed by atoms with Crippen LogP contribution in [-0.2, 0) is 0 Å². The third-order valence-electron chi connectivity index (χ3n) is 4.93. The van der Waals surface area contributed by atoms with E-state index in [0.29, 0.717) is 11.3 Å². The zero-order chi connectivity index (χ0) is 17.9. The van der Waals surface area contributed by atoms with E-state index in [1.165, 1.54) is 37.0 Å². The molecule has 2 heterocycles. The van der Waals surface area contributed by atoms with Crippen LogP contribution in [0.5, 0.6) is 0 Å². The zero-order valence-corrected chi connectivity index (χ0v) is 15.3. The van der Waals surface area contributed by atoms with Crippen LogP contribution < -0.4 is 5.32 Å². The van der Waals surface area contributed by atoms with E-state index in [2.05, 4.69) is 16.4 Å². The van der Waals surface area contributed by atoms with Gasteiger partial charge in [0.05, 0.1) is 17.3 Å². The molecule has 1 saturated carbocycles. The van der Waals surface area contributed by atoms with Crippen molar-refractivity contribution in [3.8, 4) is 17.3 Å². The molecule has 0 radical (unpaired) electrons. The summed E-state index contributed by atoms with van der Waals surface area (Å²) in [5.74, 6) is -0.120. The first-order chi connectivity index (χ1) is 12.8. The zero-order valence-electron chi connectivity index (χ0n) is 14.4. The molecule has 1 N–H and O–H groups in total. The molecule has 1 amide bonds. The molecule has 0 atom stereocenters. The van der Waals surface area contributed by atoms with Crippen molar-refractivity contribution < 1.29 is 4.79 Å². The first-order valence-corrected chi connectivity index (χ1v) is 9.91. The second kappa shape index (κ2) is 7.30. The van der Waals surface area contributed by atoms with E-state index >= 15 is 0 Å². The van der Waals surface area contributed by atoms with Crippen molar-refractivity contribution in [2.75, 3.05) is 0 Å². The van der Waals surface area contributed by atoms with E-state index in [1.54, 1.807) is 6.07 Å². The van der Waals surface area contributed by atoms with Gasteiger partial charge in [0.1, 0.15) is 0 Å². The quantitative estimate of drug-likeness (QED) is 0.701. The Morgan fingerprint density at radius 1 is 1.27 bits per heavy atom. The first kappa shape index (κ1) is 16.8. The molecule has 5 nitrogen and oxygen atoms in total. The number of thiazole rings is 1. The molecule has 0 bridgehead atoms. The van der Waals surface area contributed by atoms with Gasteiger partial charge >= 0.3 is 0 Å². The Kier molecular flexibility index (Phi) is 4.72. The van der Waals surface area contributed by atoms with Gasteiger partial charge in [0, 0.05) is 23.2 Å². The average molecular weight is 364 g/mol. The summed E-state index contributed by atoms with van der Waals surface area (Å²) in [7, 11) is 0. The maximum absolute atomic E-state index is 13.0. The van der Waals surface area contributed by atoms with Crippen molar-refractivity contribution in [1.29, 1.82) is 5.26 Å². The predicted molar refractivity (Wildman–Crippen MR) is 102 cm³/mol. The Morgan fingerprint density at radius 3 is 2.85 bits per heavy atom. The maximum atomic E-state index is 13.0. The van der Waals surface area contributed by atoms with Crippen LogP contribution in [-0.4, -0.2) is 21.3 Å². The fraction of sp³-hybridized carbons (Fsp3) is 0.350. The molecule has 0 aliphatic heterocycles. The molecule has 2 aromatic heterocycles. The van der Waals surface area contributed by atoms with Crippen LogP contribution in [0.4, 0.5) is 0 Å². The molecule has 6 heteroatoms. The number of nitrogens with one attached hydrogen (secondary N) is 1. The Morgan fingerprint density at radius 2 is 2.08 bits per heavy atom. The minimum atomic E-state index is -0.120. The highest BCUT2D eigenvalue weighted by Gasteiger charge is 2.23. The normalized spacial score (nSPS) is 15.5. The summed E-state index contributed by atoms with van der Waals surface area (Å²) in [4.78, 5) is 18.4. The molecule has 1 fully saturated rings. The highest BCUT2D eigenvalue weighted by atomic mass is 32.1. The van der Waals surface area contributed by atoms with Crippen molar-refractivity contribution in [1.82, 2.24) is 14.7 Å². The second-order valence-electron chi connectivity index (χ2n) is 6.72. The molecule has 1 aliphatic carbocycles. The number of hydrogen-bond acceptors (Lipinski definition) is 4. The van der Waals surface area contributed by atoms with E-state index in [-0.39, 0.29) is 11.9 Å². The summed E-state index contributed by atoms with van der Waals surface area (Å²) in [6, 6.07) is 9.72. The number of amides is 1. The minimum absolute atomic E-state index is 0.120. The van der Waals surface area contributed by atoms with E-state index in [9.17, 15) is 10.1 Å². The lowest BCUT2D eigenvalue weighted by Gasteiger charge is -2.16. The van der Waals surface area contributed by atoms with E-state index < -0.39 is 0 Å². The lowest BCUT2D eigenvalue weighted by Crippen LogP contribution is -2.34. The summed E-state index contributed by atoms with van der Waals surface area (Å²) in [5.41, 5.74) is 2.60. The summed E-state index contributed by atoms with van der Waals surface area (Å²) >= 11 is 1.50. The van der Waals surface area contributed by atoms with Crippen LogP contribution >= 0.6 is 11.3 Å². The van der Waals surface area contributed by atoms with Crippen LogP contribution in [0, 0.1) is 11.3 Å². The molecule has 0 spiro atoms. The van der Waals surface area contributed by atoms with Crippen LogP contribution in [0.2, 0.25) is 0 Å². The monoisotopic (exact) mass is 364 g/mol. The number of rotatable bonds is 3.